The molecule has 0 bridgehead atoms. The topological polar surface area (TPSA) is 84.5 Å². The molecular weight excluding hydrogens is 296 g/mol. The fourth-order valence-electron chi connectivity index (χ4n) is 2.00. The van der Waals surface area contributed by atoms with Crippen molar-refractivity contribution in [1.29, 1.82) is 5.26 Å². The van der Waals surface area contributed by atoms with Crippen LogP contribution in [0.25, 0.3) is 0 Å². The summed E-state index contributed by atoms with van der Waals surface area (Å²) in [7, 11) is 0. The molecule has 2 rings (SSSR count). The molecule has 0 aliphatic carbocycles. The van der Waals surface area contributed by atoms with Crippen molar-refractivity contribution in [3.8, 4) is 17.6 Å². The third kappa shape index (κ3) is 3.83. The van der Waals surface area contributed by atoms with Gasteiger partial charge in [0.2, 0.25) is 5.88 Å². The molecule has 0 aliphatic rings. The van der Waals surface area contributed by atoms with Crippen LogP contribution in [0.4, 0.5) is 5.88 Å². The minimum atomic E-state index is -0.415. The number of ether oxygens (including phenoxy) is 2. The molecule has 0 atom stereocenters. The lowest BCUT2D eigenvalue weighted by Gasteiger charge is -2.11. The number of carbonyl (C=O) groups is 1. The van der Waals surface area contributed by atoms with E-state index in [0.717, 1.165) is 0 Å². The van der Waals surface area contributed by atoms with Crippen molar-refractivity contribution in [1.82, 2.24) is 0 Å². The summed E-state index contributed by atoms with van der Waals surface area (Å²) in [6, 6.07) is 9.13. The number of benzene rings is 1. The standard InChI is InChI=1S/C17H18N2O4/c1-4-21-14-7-5-6-8-15(14)22-10-16(20)19-17-13(9-18)11(2)12(3)23-17/h5-8H,4,10H2,1-3H3,(H,19,20). The average molecular weight is 314 g/mol. The number of amides is 1. The summed E-state index contributed by atoms with van der Waals surface area (Å²) in [5.41, 5.74) is 1.04. The van der Waals surface area contributed by atoms with Gasteiger partial charge >= 0.3 is 0 Å². The Morgan fingerprint density at radius 3 is 2.52 bits per heavy atom. The Hall–Kier alpha value is -2.94. The molecule has 6 heteroatoms. The molecule has 1 N–H and O–H groups in total. The lowest BCUT2D eigenvalue weighted by atomic mass is 10.2. The van der Waals surface area contributed by atoms with Crippen LogP contribution in [0, 0.1) is 25.2 Å². The molecule has 0 fully saturated rings. The van der Waals surface area contributed by atoms with E-state index in [2.05, 4.69) is 5.32 Å². The zero-order valence-corrected chi connectivity index (χ0v) is 13.3. The number of carbonyl (C=O) groups excluding carboxylic acids is 1. The Labute approximate surface area is 134 Å². The van der Waals surface area contributed by atoms with E-state index in [1.165, 1.54) is 0 Å². The van der Waals surface area contributed by atoms with E-state index < -0.39 is 5.91 Å². The highest BCUT2D eigenvalue weighted by molar-refractivity contribution is 5.92. The van der Waals surface area contributed by atoms with E-state index in [4.69, 9.17) is 19.2 Å². The molecule has 6 nitrogen and oxygen atoms in total. The first-order valence-electron chi connectivity index (χ1n) is 7.21. The lowest BCUT2D eigenvalue weighted by Crippen LogP contribution is -2.20. The Kier molecular flexibility index (Phi) is 5.26. The number of furan rings is 1. The molecule has 0 saturated heterocycles. The van der Waals surface area contributed by atoms with Gasteiger partial charge in [0.15, 0.2) is 18.1 Å². The van der Waals surface area contributed by atoms with Crippen molar-refractivity contribution < 1.29 is 18.7 Å². The van der Waals surface area contributed by atoms with Crippen LogP contribution < -0.4 is 14.8 Å². The second-order valence-corrected chi connectivity index (χ2v) is 4.82. The van der Waals surface area contributed by atoms with Crippen LogP contribution in [0.5, 0.6) is 11.5 Å². The molecule has 1 aromatic carbocycles. The number of aryl methyl sites for hydroxylation is 1. The molecule has 1 aromatic heterocycles. The summed E-state index contributed by atoms with van der Waals surface area (Å²) in [5, 5.41) is 11.7. The summed E-state index contributed by atoms with van der Waals surface area (Å²) >= 11 is 0. The molecule has 23 heavy (non-hydrogen) atoms. The fourth-order valence-corrected chi connectivity index (χ4v) is 2.00. The minimum absolute atomic E-state index is 0.147. The van der Waals surface area contributed by atoms with Crippen molar-refractivity contribution in [3.05, 3.63) is 41.2 Å². The van der Waals surface area contributed by atoms with Crippen molar-refractivity contribution in [2.75, 3.05) is 18.5 Å². The molecule has 1 amide bonds. The predicted molar refractivity (Wildman–Crippen MR) is 84.6 cm³/mol. The number of nitrogens with one attached hydrogen (secondary N) is 1. The van der Waals surface area contributed by atoms with Gasteiger partial charge in [0.25, 0.3) is 5.91 Å². The van der Waals surface area contributed by atoms with Crippen LogP contribution in [-0.2, 0) is 4.79 Å². The van der Waals surface area contributed by atoms with E-state index >= 15 is 0 Å². The second-order valence-electron chi connectivity index (χ2n) is 4.82. The van der Waals surface area contributed by atoms with E-state index in [1.807, 2.05) is 19.1 Å². The lowest BCUT2D eigenvalue weighted by molar-refractivity contribution is -0.118. The highest BCUT2D eigenvalue weighted by atomic mass is 16.5. The third-order valence-corrected chi connectivity index (χ3v) is 3.26. The number of anilines is 1. The molecule has 0 spiro atoms. The van der Waals surface area contributed by atoms with Gasteiger partial charge in [-0.05, 0) is 32.9 Å². The van der Waals surface area contributed by atoms with Crippen molar-refractivity contribution in [2.24, 2.45) is 0 Å². The number of rotatable bonds is 6. The number of hydrogen-bond acceptors (Lipinski definition) is 5. The molecule has 1 heterocycles. The number of para-hydroxylation sites is 2. The average Bonchev–Trinajstić information content (AvgIpc) is 2.80. The van der Waals surface area contributed by atoms with Gasteiger partial charge in [0, 0.05) is 5.56 Å². The summed E-state index contributed by atoms with van der Waals surface area (Å²) in [6.07, 6.45) is 0. The van der Waals surface area contributed by atoms with Crippen LogP contribution in [0.15, 0.2) is 28.7 Å². The van der Waals surface area contributed by atoms with Gasteiger partial charge in [-0.2, -0.15) is 5.26 Å². The zero-order chi connectivity index (χ0) is 16.8. The highest BCUT2D eigenvalue weighted by Crippen LogP contribution is 2.27. The summed E-state index contributed by atoms with van der Waals surface area (Å²) in [4.78, 5) is 12.0. The van der Waals surface area contributed by atoms with Gasteiger partial charge in [-0.15, -0.1) is 0 Å². The first kappa shape index (κ1) is 16.4. The smallest absolute Gasteiger partial charge is 0.264 e. The van der Waals surface area contributed by atoms with Gasteiger partial charge in [0.1, 0.15) is 17.4 Å². The Balaban J connectivity index is 2.02. The van der Waals surface area contributed by atoms with Gasteiger partial charge in [-0.25, -0.2) is 0 Å². The zero-order valence-electron chi connectivity index (χ0n) is 13.3. The summed E-state index contributed by atoms with van der Waals surface area (Å²) in [6.45, 7) is 5.66. The maximum absolute atomic E-state index is 12.0. The SMILES string of the molecule is CCOc1ccccc1OCC(=O)Nc1oc(C)c(C)c1C#N. The molecule has 120 valence electrons. The highest BCUT2D eigenvalue weighted by Gasteiger charge is 2.17. The van der Waals surface area contributed by atoms with Crippen molar-refractivity contribution in [3.63, 3.8) is 0 Å². The van der Waals surface area contributed by atoms with E-state index in [0.29, 0.717) is 35.0 Å². The van der Waals surface area contributed by atoms with Crippen LogP contribution in [0.2, 0.25) is 0 Å². The molecule has 0 saturated carbocycles. The Bertz CT molecular complexity index is 744. The van der Waals surface area contributed by atoms with Gasteiger partial charge in [-0.3, -0.25) is 10.1 Å². The summed E-state index contributed by atoms with van der Waals surface area (Å²) < 4.78 is 16.3. The minimum Gasteiger partial charge on any atom is -0.490 e. The monoisotopic (exact) mass is 314 g/mol. The van der Waals surface area contributed by atoms with Crippen LogP contribution in [0.3, 0.4) is 0 Å². The maximum Gasteiger partial charge on any atom is 0.264 e. The number of nitrogens with zero attached hydrogens (tertiary/aromatic N) is 1. The fraction of sp³-hybridized carbons (Fsp3) is 0.294. The van der Waals surface area contributed by atoms with Crippen molar-refractivity contribution in [2.45, 2.75) is 20.8 Å². The normalized spacial score (nSPS) is 10.0. The van der Waals surface area contributed by atoms with Crippen LogP contribution in [0.1, 0.15) is 23.8 Å². The molecular formula is C17H18N2O4. The van der Waals surface area contributed by atoms with E-state index in [-0.39, 0.29) is 12.5 Å². The van der Waals surface area contributed by atoms with Crippen LogP contribution >= 0.6 is 0 Å². The Morgan fingerprint density at radius 1 is 1.26 bits per heavy atom. The number of hydrogen-bond donors (Lipinski definition) is 1. The van der Waals surface area contributed by atoms with Crippen molar-refractivity contribution >= 4 is 11.8 Å². The Morgan fingerprint density at radius 2 is 1.91 bits per heavy atom. The second kappa shape index (κ2) is 7.36. The van der Waals surface area contributed by atoms with Gasteiger partial charge < -0.3 is 13.9 Å². The molecule has 2 aromatic rings. The number of nitriles is 1. The van der Waals surface area contributed by atoms with Crippen LogP contribution in [-0.4, -0.2) is 19.1 Å². The first-order chi connectivity index (χ1) is 11.1. The van der Waals surface area contributed by atoms with Gasteiger partial charge in [-0.1, -0.05) is 12.1 Å². The molecule has 0 unspecified atom stereocenters. The summed E-state index contributed by atoms with van der Waals surface area (Å²) in [5.74, 6) is 1.39. The quantitative estimate of drug-likeness (QED) is 0.885. The van der Waals surface area contributed by atoms with E-state index in [1.54, 1.807) is 32.0 Å². The maximum atomic E-state index is 12.0. The van der Waals surface area contributed by atoms with Gasteiger partial charge in [0.05, 0.1) is 6.61 Å². The molecule has 0 radical (unpaired) electrons. The first-order valence-corrected chi connectivity index (χ1v) is 7.21. The molecule has 0 aliphatic heterocycles. The van der Waals surface area contributed by atoms with E-state index in [9.17, 15) is 4.79 Å². The largest absolute Gasteiger partial charge is 0.490 e. The third-order valence-electron chi connectivity index (χ3n) is 3.26. The predicted octanol–water partition coefficient (Wildman–Crippen LogP) is 3.18.